The maximum Gasteiger partial charge on any atom is 0.254 e. The van der Waals surface area contributed by atoms with Gasteiger partial charge in [0.25, 0.3) is 5.91 Å². The molecule has 2 aliphatic rings. The number of rotatable bonds is 3. The molecule has 0 aliphatic carbocycles. The Balaban J connectivity index is 1.48. The van der Waals surface area contributed by atoms with E-state index in [9.17, 15) is 14.4 Å². The molecule has 0 bridgehead atoms. The summed E-state index contributed by atoms with van der Waals surface area (Å²) in [7, 11) is 1.77. The number of para-hydroxylation sites is 1. The van der Waals surface area contributed by atoms with Crippen molar-refractivity contribution in [2.45, 2.75) is 24.0 Å². The van der Waals surface area contributed by atoms with Gasteiger partial charge in [-0.2, -0.15) is 16.9 Å². The maximum absolute atomic E-state index is 12.5. The molecule has 4 rings (SSSR count). The van der Waals surface area contributed by atoms with Gasteiger partial charge in [-0.25, -0.2) is 0 Å². The summed E-state index contributed by atoms with van der Waals surface area (Å²) < 4.78 is 1.64. The highest BCUT2D eigenvalue weighted by Gasteiger charge is 2.30. The fourth-order valence-corrected chi connectivity index (χ4v) is 4.16. The minimum absolute atomic E-state index is 0.154. The second-order valence-electron chi connectivity index (χ2n) is 6.20. The van der Waals surface area contributed by atoms with E-state index in [1.165, 1.54) is 0 Å². The van der Waals surface area contributed by atoms with Gasteiger partial charge >= 0.3 is 0 Å². The number of hydrogen-bond acceptors (Lipinski definition) is 5. The molecule has 3 heterocycles. The van der Waals surface area contributed by atoms with Crippen molar-refractivity contribution in [3.05, 3.63) is 41.1 Å². The Kier molecular flexibility index (Phi) is 4.15. The van der Waals surface area contributed by atoms with Gasteiger partial charge in [-0.15, -0.1) is 0 Å². The van der Waals surface area contributed by atoms with Gasteiger partial charge in [0.1, 0.15) is 11.9 Å². The van der Waals surface area contributed by atoms with E-state index >= 15 is 0 Å². The molecule has 134 valence electrons. The molecule has 26 heavy (non-hydrogen) atoms. The summed E-state index contributed by atoms with van der Waals surface area (Å²) in [5.74, 6) is 1.14. The van der Waals surface area contributed by atoms with E-state index in [1.54, 1.807) is 47.8 Å². The van der Waals surface area contributed by atoms with Crippen LogP contribution in [0, 0.1) is 0 Å². The Morgan fingerprint density at radius 3 is 3.00 bits per heavy atom. The molecule has 0 fully saturated rings. The van der Waals surface area contributed by atoms with E-state index in [-0.39, 0.29) is 18.2 Å². The van der Waals surface area contributed by atoms with Crippen LogP contribution in [0.25, 0.3) is 0 Å². The molecular weight excluding hydrogens is 354 g/mol. The number of amides is 3. The van der Waals surface area contributed by atoms with E-state index in [0.717, 1.165) is 22.8 Å². The quantitative estimate of drug-likeness (QED) is 0.753. The van der Waals surface area contributed by atoms with Crippen molar-refractivity contribution in [3.8, 4) is 0 Å². The minimum Gasteiger partial charge on any atom is -0.340 e. The number of thioether (sulfide) groups is 1. The molecule has 0 saturated carbocycles. The number of nitrogens with zero attached hydrogens (tertiary/aromatic N) is 2. The highest BCUT2D eigenvalue weighted by Crippen LogP contribution is 2.34. The van der Waals surface area contributed by atoms with Crippen LogP contribution in [-0.2, 0) is 28.1 Å². The molecular formula is C17H17N5O3S. The molecule has 3 N–H and O–H groups in total. The van der Waals surface area contributed by atoms with Gasteiger partial charge in [0, 0.05) is 24.1 Å². The number of nitrogens with one attached hydrogen (secondary N) is 3. The Morgan fingerprint density at radius 2 is 2.15 bits per heavy atom. The van der Waals surface area contributed by atoms with E-state index in [1.807, 2.05) is 0 Å². The Bertz CT molecular complexity index is 923. The lowest BCUT2D eigenvalue weighted by molar-refractivity contribution is -0.122. The zero-order valence-electron chi connectivity index (χ0n) is 14.0. The average Bonchev–Trinajstić information content (AvgIpc) is 3.13. The average molecular weight is 371 g/mol. The number of aryl methyl sites for hydroxylation is 1. The molecule has 1 aromatic carbocycles. The van der Waals surface area contributed by atoms with Crippen molar-refractivity contribution in [2.75, 3.05) is 10.6 Å². The fraction of sp³-hybridized carbons (Fsp3) is 0.294. The monoisotopic (exact) mass is 371 g/mol. The van der Waals surface area contributed by atoms with Crippen molar-refractivity contribution in [1.29, 1.82) is 0 Å². The highest BCUT2D eigenvalue weighted by atomic mass is 32.2. The maximum atomic E-state index is 12.5. The molecule has 1 atom stereocenters. The Hall–Kier alpha value is -2.81. The van der Waals surface area contributed by atoms with Crippen LogP contribution >= 0.6 is 11.8 Å². The largest absolute Gasteiger partial charge is 0.340 e. The molecule has 0 radical (unpaired) electrons. The van der Waals surface area contributed by atoms with Crippen molar-refractivity contribution in [3.63, 3.8) is 0 Å². The molecule has 3 amide bonds. The first-order chi connectivity index (χ1) is 12.5. The number of carbonyl (C=O) groups is 3. The molecule has 0 spiro atoms. The number of anilines is 2. The second kappa shape index (κ2) is 6.49. The van der Waals surface area contributed by atoms with E-state index < -0.39 is 11.9 Å². The number of aromatic nitrogens is 2. The summed E-state index contributed by atoms with van der Waals surface area (Å²) in [5, 5.41) is 12.5. The van der Waals surface area contributed by atoms with Crippen LogP contribution < -0.4 is 16.0 Å². The van der Waals surface area contributed by atoms with Crippen LogP contribution in [0.1, 0.15) is 28.0 Å². The van der Waals surface area contributed by atoms with Crippen LogP contribution in [0.2, 0.25) is 0 Å². The number of fused-ring (bicyclic) bond motifs is 2. The van der Waals surface area contributed by atoms with Crippen LogP contribution in [0.15, 0.2) is 24.3 Å². The zero-order valence-corrected chi connectivity index (χ0v) is 14.9. The summed E-state index contributed by atoms with van der Waals surface area (Å²) >= 11 is 1.74. The smallest absolute Gasteiger partial charge is 0.254 e. The standard InChI is InChI=1S/C17H17N5O3S/c1-22-15(10-7-26-8-13(10)21-22)20-14(23)6-12-17(25)18-11-5-3-2-4-9(11)16(24)19-12/h2-5,12H,6-8H2,1H3,(H,18,25)(H,19,24)(H,20,23). The van der Waals surface area contributed by atoms with E-state index in [0.29, 0.717) is 17.1 Å². The molecule has 8 nitrogen and oxygen atoms in total. The summed E-state index contributed by atoms with van der Waals surface area (Å²) in [6.45, 7) is 0. The predicted octanol–water partition coefficient (Wildman–Crippen LogP) is 1.25. The third-order valence-electron chi connectivity index (χ3n) is 4.41. The van der Waals surface area contributed by atoms with Crippen LogP contribution in [0.4, 0.5) is 11.5 Å². The van der Waals surface area contributed by atoms with E-state index in [2.05, 4.69) is 21.0 Å². The first-order valence-corrected chi connectivity index (χ1v) is 9.31. The van der Waals surface area contributed by atoms with Gasteiger partial charge in [0.05, 0.1) is 23.4 Å². The van der Waals surface area contributed by atoms with Crippen LogP contribution in [0.5, 0.6) is 0 Å². The molecule has 9 heteroatoms. The Morgan fingerprint density at radius 1 is 1.35 bits per heavy atom. The summed E-state index contributed by atoms with van der Waals surface area (Å²) in [5.41, 5.74) is 2.82. The molecule has 1 unspecified atom stereocenters. The predicted molar refractivity (Wildman–Crippen MR) is 97.8 cm³/mol. The molecule has 2 aromatic rings. The second-order valence-corrected chi connectivity index (χ2v) is 7.19. The fourth-order valence-electron chi connectivity index (χ4n) is 3.12. The van der Waals surface area contributed by atoms with Crippen molar-refractivity contribution in [2.24, 2.45) is 7.05 Å². The summed E-state index contributed by atoms with van der Waals surface area (Å²) in [6, 6.07) is 5.81. The van der Waals surface area contributed by atoms with Crippen LogP contribution in [-0.4, -0.2) is 33.5 Å². The van der Waals surface area contributed by atoms with Gasteiger partial charge in [-0.1, -0.05) is 12.1 Å². The van der Waals surface area contributed by atoms with Crippen LogP contribution in [0.3, 0.4) is 0 Å². The lowest BCUT2D eigenvalue weighted by Crippen LogP contribution is -2.43. The summed E-state index contributed by atoms with van der Waals surface area (Å²) in [4.78, 5) is 37.2. The topological polar surface area (TPSA) is 105 Å². The lowest BCUT2D eigenvalue weighted by atomic mass is 10.1. The molecule has 0 saturated heterocycles. The molecule has 2 aliphatic heterocycles. The highest BCUT2D eigenvalue weighted by molar-refractivity contribution is 7.98. The Labute approximate surface area is 153 Å². The van der Waals surface area contributed by atoms with Gasteiger partial charge < -0.3 is 16.0 Å². The first kappa shape index (κ1) is 16.6. The third-order valence-corrected chi connectivity index (χ3v) is 5.38. The van der Waals surface area contributed by atoms with Gasteiger partial charge in [-0.05, 0) is 12.1 Å². The normalized spacial score (nSPS) is 18.4. The third kappa shape index (κ3) is 2.94. The number of benzene rings is 1. The van der Waals surface area contributed by atoms with E-state index in [4.69, 9.17) is 0 Å². The lowest BCUT2D eigenvalue weighted by Gasteiger charge is -2.15. The van der Waals surface area contributed by atoms with Crippen molar-refractivity contribution in [1.82, 2.24) is 15.1 Å². The van der Waals surface area contributed by atoms with Gasteiger partial charge in [0.2, 0.25) is 11.8 Å². The van der Waals surface area contributed by atoms with Crippen molar-refractivity contribution >= 4 is 41.0 Å². The zero-order chi connectivity index (χ0) is 18.3. The minimum atomic E-state index is -0.939. The number of carbonyl (C=O) groups excluding carboxylic acids is 3. The first-order valence-electron chi connectivity index (χ1n) is 8.16. The van der Waals surface area contributed by atoms with Crippen molar-refractivity contribution < 1.29 is 14.4 Å². The SMILES string of the molecule is Cn1nc2c(c1NC(=O)CC1NC(=O)c3ccccc3NC1=O)CSC2. The molecule has 1 aromatic heterocycles. The van der Waals surface area contributed by atoms with Gasteiger partial charge in [-0.3, -0.25) is 19.1 Å². The number of hydrogen-bond donors (Lipinski definition) is 3. The van der Waals surface area contributed by atoms with Gasteiger partial charge in [0.15, 0.2) is 0 Å². The summed E-state index contributed by atoms with van der Waals surface area (Å²) in [6.07, 6.45) is -0.154.